The first-order valence-corrected chi connectivity index (χ1v) is 11.0. The van der Waals surface area contributed by atoms with Crippen molar-refractivity contribution in [2.45, 2.75) is 52.7 Å². The summed E-state index contributed by atoms with van der Waals surface area (Å²) in [4.78, 5) is 2.49. The quantitative estimate of drug-likeness (QED) is 0.591. The lowest BCUT2D eigenvalue weighted by Crippen LogP contribution is -2.34. The zero-order valence-corrected chi connectivity index (χ0v) is 18.8. The molecule has 2 atom stereocenters. The fourth-order valence-electron chi connectivity index (χ4n) is 3.73. The number of nitrogens with zero attached hydrogens (tertiary/aromatic N) is 1. The number of ether oxygens (including phenoxy) is 1. The molecule has 5 heteroatoms. The zero-order chi connectivity index (χ0) is 20.8. The van der Waals surface area contributed by atoms with Gasteiger partial charge in [-0.2, -0.15) is 0 Å². The first-order chi connectivity index (χ1) is 13.9. The Balaban J connectivity index is 1.52. The predicted molar refractivity (Wildman–Crippen MR) is 127 cm³/mol. The van der Waals surface area contributed by atoms with Crippen LogP contribution in [0.4, 0.5) is 11.4 Å². The number of hydrogen-bond acceptors (Lipinski definition) is 3. The van der Waals surface area contributed by atoms with E-state index in [0.29, 0.717) is 5.11 Å². The molecule has 4 nitrogen and oxygen atoms in total. The largest absolute Gasteiger partial charge is 0.491 e. The third kappa shape index (κ3) is 6.36. The van der Waals surface area contributed by atoms with Crippen LogP contribution < -0.4 is 20.3 Å². The van der Waals surface area contributed by atoms with Crippen molar-refractivity contribution < 1.29 is 4.74 Å². The van der Waals surface area contributed by atoms with Crippen molar-refractivity contribution in [3.05, 3.63) is 54.1 Å². The Labute approximate surface area is 180 Å². The molecule has 1 fully saturated rings. The number of nitrogens with one attached hydrogen (secondary N) is 2. The molecular formula is C24H33N3OS. The van der Waals surface area contributed by atoms with E-state index >= 15 is 0 Å². The zero-order valence-electron chi connectivity index (χ0n) is 17.9. The molecule has 2 aromatic carbocycles. The number of benzene rings is 2. The number of hydrogen-bond donors (Lipinski definition) is 2. The van der Waals surface area contributed by atoms with Crippen LogP contribution >= 0.6 is 12.2 Å². The van der Waals surface area contributed by atoms with E-state index in [-0.39, 0.29) is 12.1 Å². The van der Waals surface area contributed by atoms with Gasteiger partial charge in [-0.3, -0.25) is 0 Å². The summed E-state index contributed by atoms with van der Waals surface area (Å²) in [6.07, 6.45) is 2.79. The van der Waals surface area contributed by atoms with Gasteiger partial charge in [0.2, 0.25) is 0 Å². The summed E-state index contributed by atoms with van der Waals surface area (Å²) >= 11 is 5.49. The van der Waals surface area contributed by atoms with Crippen LogP contribution in [-0.2, 0) is 0 Å². The van der Waals surface area contributed by atoms with Gasteiger partial charge < -0.3 is 20.3 Å². The molecule has 0 unspecified atom stereocenters. The first kappa shape index (κ1) is 21.4. The predicted octanol–water partition coefficient (Wildman–Crippen LogP) is 5.76. The van der Waals surface area contributed by atoms with Gasteiger partial charge in [0.25, 0.3) is 0 Å². The Morgan fingerprint density at radius 3 is 2.38 bits per heavy atom. The first-order valence-electron chi connectivity index (χ1n) is 10.6. The molecule has 0 radical (unpaired) electrons. The van der Waals surface area contributed by atoms with Gasteiger partial charge in [-0.05, 0) is 93.7 Å². The van der Waals surface area contributed by atoms with Crippen LogP contribution in [0.2, 0.25) is 0 Å². The topological polar surface area (TPSA) is 36.5 Å². The third-order valence-corrected chi connectivity index (χ3v) is 5.47. The van der Waals surface area contributed by atoms with Crippen LogP contribution in [0.5, 0.6) is 5.75 Å². The second kappa shape index (κ2) is 9.97. The van der Waals surface area contributed by atoms with Crippen LogP contribution in [0.15, 0.2) is 48.5 Å². The maximum absolute atomic E-state index is 5.68. The Kier molecular flexibility index (Phi) is 7.37. The highest BCUT2D eigenvalue weighted by Crippen LogP contribution is 2.25. The van der Waals surface area contributed by atoms with E-state index in [0.717, 1.165) is 30.4 Å². The summed E-state index contributed by atoms with van der Waals surface area (Å²) in [5, 5.41) is 7.24. The summed E-state index contributed by atoms with van der Waals surface area (Å²) in [6.45, 7) is 10.8. The molecule has 3 rings (SSSR count). The standard InChI is InChI=1S/C24H33N3OS/c1-17(2)28-23-13-9-21(10-14-23)26-24(29)25-19(4)20-7-11-22(12-8-20)27-15-5-6-18(3)16-27/h7-14,17-19H,5-6,15-16H2,1-4H3,(H2,25,26,29)/t18-,19+/m1/s1. The van der Waals surface area contributed by atoms with Crippen molar-refractivity contribution in [2.75, 3.05) is 23.3 Å². The Hall–Kier alpha value is -2.27. The molecule has 0 saturated carbocycles. The van der Waals surface area contributed by atoms with Crippen molar-refractivity contribution in [1.29, 1.82) is 0 Å². The summed E-state index contributed by atoms with van der Waals surface area (Å²) in [7, 11) is 0. The molecule has 2 aromatic rings. The number of anilines is 2. The molecule has 0 amide bonds. The third-order valence-electron chi connectivity index (χ3n) is 5.25. The van der Waals surface area contributed by atoms with E-state index in [1.165, 1.54) is 24.1 Å². The Bertz CT molecular complexity index is 789. The van der Waals surface area contributed by atoms with Crippen molar-refractivity contribution in [3.63, 3.8) is 0 Å². The minimum absolute atomic E-state index is 0.132. The van der Waals surface area contributed by atoms with Crippen molar-refractivity contribution >= 4 is 28.7 Å². The molecule has 0 bridgehead atoms. The van der Waals surface area contributed by atoms with Gasteiger partial charge in [0.1, 0.15) is 5.75 Å². The molecule has 1 saturated heterocycles. The van der Waals surface area contributed by atoms with Crippen molar-refractivity contribution in [1.82, 2.24) is 5.32 Å². The summed E-state index contributed by atoms with van der Waals surface area (Å²) in [5.74, 6) is 1.64. The molecule has 1 aliphatic heterocycles. The molecule has 156 valence electrons. The molecule has 1 heterocycles. The smallest absolute Gasteiger partial charge is 0.171 e. The van der Waals surface area contributed by atoms with Gasteiger partial charge in [-0.25, -0.2) is 0 Å². The monoisotopic (exact) mass is 411 g/mol. The highest BCUT2D eigenvalue weighted by molar-refractivity contribution is 7.80. The minimum Gasteiger partial charge on any atom is -0.491 e. The van der Waals surface area contributed by atoms with Gasteiger partial charge in [0, 0.05) is 24.5 Å². The van der Waals surface area contributed by atoms with Gasteiger partial charge in [0.15, 0.2) is 5.11 Å². The second-order valence-electron chi connectivity index (χ2n) is 8.30. The minimum atomic E-state index is 0.132. The van der Waals surface area contributed by atoms with Crippen LogP contribution in [0, 0.1) is 5.92 Å². The van der Waals surface area contributed by atoms with Crippen LogP contribution in [-0.4, -0.2) is 24.3 Å². The van der Waals surface area contributed by atoms with Crippen LogP contribution in [0.25, 0.3) is 0 Å². The highest BCUT2D eigenvalue weighted by Gasteiger charge is 2.17. The molecule has 1 aliphatic rings. The highest BCUT2D eigenvalue weighted by atomic mass is 32.1. The summed E-state index contributed by atoms with van der Waals surface area (Å²) in [6, 6.07) is 16.9. The van der Waals surface area contributed by atoms with Gasteiger partial charge >= 0.3 is 0 Å². The van der Waals surface area contributed by atoms with Gasteiger partial charge in [-0.15, -0.1) is 0 Å². The molecular weight excluding hydrogens is 378 g/mol. The summed E-state index contributed by atoms with van der Waals surface area (Å²) in [5.41, 5.74) is 3.49. The van der Waals surface area contributed by atoms with E-state index in [4.69, 9.17) is 17.0 Å². The lowest BCUT2D eigenvalue weighted by Gasteiger charge is -2.33. The van der Waals surface area contributed by atoms with E-state index in [1.54, 1.807) is 0 Å². The van der Waals surface area contributed by atoms with Gasteiger partial charge in [-0.1, -0.05) is 19.1 Å². The number of thiocarbonyl (C=S) groups is 1. The normalized spacial score (nSPS) is 17.7. The lowest BCUT2D eigenvalue weighted by molar-refractivity contribution is 0.242. The molecule has 0 aromatic heterocycles. The maximum atomic E-state index is 5.68. The van der Waals surface area contributed by atoms with E-state index in [9.17, 15) is 0 Å². The average Bonchev–Trinajstić information content (AvgIpc) is 2.69. The maximum Gasteiger partial charge on any atom is 0.171 e. The van der Waals surface area contributed by atoms with Crippen LogP contribution in [0.3, 0.4) is 0 Å². The van der Waals surface area contributed by atoms with Crippen molar-refractivity contribution in [3.8, 4) is 5.75 Å². The number of piperidine rings is 1. The SMILES string of the molecule is CC(C)Oc1ccc(NC(=S)N[C@@H](C)c2ccc(N3CCC[C@@H](C)C3)cc2)cc1. The molecule has 29 heavy (non-hydrogen) atoms. The van der Waals surface area contributed by atoms with Crippen LogP contribution in [0.1, 0.15) is 52.1 Å². The molecule has 2 N–H and O–H groups in total. The Morgan fingerprint density at radius 1 is 1.07 bits per heavy atom. The fourth-order valence-corrected chi connectivity index (χ4v) is 4.03. The lowest BCUT2D eigenvalue weighted by atomic mass is 9.99. The fraction of sp³-hybridized carbons (Fsp3) is 0.458. The molecule has 0 spiro atoms. The number of rotatable bonds is 6. The van der Waals surface area contributed by atoms with E-state index < -0.39 is 0 Å². The van der Waals surface area contributed by atoms with Crippen molar-refractivity contribution in [2.24, 2.45) is 5.92 Å². The second-order valence-corrected chi connectivity index (χ2v) is 8.70. The summed E-state index contributed by atoms with van der Waals surface area (Å²) < 4.78 is 5.68. The average molecular weight is 412 g/mol. The van der Waals surface area contributed by atoms with E-state index in [1.807, 2.05) is 38.1 Å². The molecule has 0 aliphatic carbocycles. The Morgan fingerprint density at radius 2 is 1.76 bits per heavy atom. The van der Waals surface area contributed by atoms with Gasteiger partial charge in [0.05, 0.1) is 12.1 Å². The van der Waals surface area contributed by atoms with E-state index in [2.05, 4.69) is 53.6 Å².